The van der Waals surface area contributed by atoms with Gasteiger partial charge < -0.3 is 29.7 Å². The van der Waals surface area contributed by atoms with Gasteiger partial charge in [0.1, 0.15) is 11.6 Å². The third kappa shape index (κ3) is 8.18. The maximum Gasteiger partial charge on any atom is 0.405 e. The summed E-state index contributed by atoms with van der Waals surface area (Å²) in [5.74, 6) is -0.607. The Hall–Kier alpha value is -4.15. The van der Waals surface area contributed by atoms with Crippen LogP contribution in [0.15, 0.2) is 40.8 Å². The molecule has 41 heavy (non-hydrogen) atoms. The molecular weight excluding hydrogens is 536 g/mol. The highest BCUT2D eigenvalue weighted by molar-refractivity contribution is 5.94. The van der Waals surface area contributed by atoms with E-state index in [1.165, 1.54) is 6.07 Å². The second kappa shape index (κ2) is 12.6. The maximum absolute atomic E-state index is 14.2. The Labute approximate surface area is 237 Å². The Kier molecular flexibility index (Phi) is 9.14. The number of nitrogens with one attached hydrogen (secondary N) is 1. The Balaban J connectivity index is 1.71. The van der Waals surface area contributed by atoms with Crippen LogP contribution < -0.4 is 20.5 Å². The topological polar surface area (TPSA) is 126 Å². The van der Waals surface area contributed by atoms with Crippen LogP contribution in [0.25, 0.3) is 11.5 Å². The minimum atomic E-state index is -1.05. The van der Waals surface area contributed by atoms with E-state index in [9.17, 15) is 18.4 Å². The number of ether oxygens (including phenoxy) is 3. The van der Waals surface area contributed by atoms with Crippen LogP contribution in [0.4, 0.5) is 13.6 Å². The summed E-state index contributed by atoms with van der Waals surface area (Å²) in [6.45, 7) is 8.40. The summed E-state index contributed by atoms with van der Waals surface area (Å²) in [4.78, 5) is 29.6. The molecule has 9 nitrogen and oxygen atoms in total. The molecule has 0 saturated heterocycles. The number of nitrogens with two attached hydrogens (primary N) is 1. The summed E-state index contributed by atoms with van der Waals surface area (Å²) in [5, 5.41) is 2.59. The van der Waals surface area contributed by atoms with Gasteiger partial charge in [-0.25, -0.2) is 18.6 Å². The Morgan fingerprint density at radius 3 is 2.51 bits per heavy atom. The fourth-order valence-electron chi connectivity index (χ4n) is 4.17. The fraction of sp³-hybridized carbons (Fsp3) is 0.433. The lowest BCUT2D eigenvalue weighted by atomic mass is 9.88. The van der Waals surface area contributed by atoms with E-state index in [0.717, 1.165) is 25.0 Å². The third-order valence-corrected chi connectivity index (χ3v) is 6.33. The number of oxazole rings is 1. The number of nitrogens with zero attached hydrogens (tertiary/aromatic N) is 1. The second-order valence-corrected chi connectivity index (χ2v) is 11.2. The number of halogens is 2. The molecule has 3 aromatic rings. The van der Waals surface area contributed by atoms with E-state index in [-0.39, 0.29) is 41.3 Å². The predicted molar refractivity (Wildman–Crippen MR) is 146 cm³/mol. The summed E-state index contributed by atoms with van der Waals surface area (Å²) in [5.41, 5.74) is 5.41. The number of carbonyl (C=O) groups is 2. The van der Waals surface area contributed by atoms with Crippen molar-refractivity contribution in [3.8, 4) is 23.0 Å². The Morgan fingerprint density at radius 2 is 1.88 bits per heavy atom. The van der Waals surface area contributed by atoms with Gasteiger partial charge in [-0.2, -0.15) is 0 Å². The van der Waals surface area contributed by atoms with Gasteiger partial charge in [0.05, 0.1) is 13.2 Å². The lowest BCUT2D eigenvalue weighted by Gasteiger charge is -2.24. The van der Waals surface area contributed by atoms with Gasteiger partial charge in [0.2, 0.25) is 5.89 Å². The standard InChI is InChI=1S/C30H35F2N3O6/c1-5-38-22-11-9-18(12-23(22)39-16-17-6-7-17)28-35-25(26(41-28)24(40-29(33)37)14-30(2,3)4)27(36)34-15-19-8-10-20(31)13-21(19)32/h8-13,17,24H,5-7,14-16H2,1-4H3,(H2,33,37)(H,34,36). The molecule has 2 aromatic carbocycles. The molecule has 2 amide bonds. The first kappa shape index (κ1) is 29.8. The third-order valence-electron chi connectivity index (χ3n) is 6.33. The van der Waals surface area contributed by atoms with Crippen molar-refractivity contribution in [2.45, 2.75) is 59.6 Å². The highest BCUT2D eigenvalue weighted by Crippen LogP contribution is 2.39. The van der Waals surface area contributed by atoms with Crippen molar-refractivity contribution >= 4 is 12.0 Å². The van der Waals surface area contributed by atoms with Crippen molar-refractivity contribution in [2.24, 2.45) is 17.1 Å². The molecule has 11 heteroatoms. The SMILES string of the molecule is CCOc1ccc(-c2nc(C(=O)NCc3ccc(F)cc3F)c(C(CC(C)(C)C)OC(N)=O)o2)cc1OCC1CC1. The highest BCUT2D eigenvalue weighted by Gasteiger charge is 2.33. The van der Waals surface area contributed by atoms with Crippen LogP contribution in [0.2, 0.25) is 0 Å². The molecule has 220 valence electrons. The van der Waals surface area contributed by atoms with Crippen molar-refractivity contribution in [2.75, 3.05) is 13.2 Å². The van der Waals surface area contributed by atoms with E-state index in [1.54, 1.807) is 18.2 Å². The minimum Gasteiger partial charge on any atom is -0.490 e. The maximum atomic E-state index is 14.2. The van der Waals surface area contributed by atoms with Crippen LogP contribution >= 0.6 is 0 Å². The molecule has 1 aromatic heterocycles. The van der Waals surface area contributed by atoms with Crippen molar-refractivity contribution in [3.63, 3.8) is 0 Å². The highest BCUT2D eigenvalue weighted by atomic mass is 19.1. The molecule has 0 aliphatic heterocycles. The summed E-state index contributed by atoms with van der Waals surface area (Å²) >= 11 is 0. The number of carbonyl (C=O) groups excluding carboxylic acids is 2. The first-order chi connectivity index (χ1) is 19.4. The number of hydrogen-bond acceptors (Lipinski definition) is 7. The van der Waals surface area contributed by atoms with E-state index >= 15 is 0 Å². The van der Waals surface area contributed by atoms with Gasteiger partial charge in [0.25, 0.3) is 5.91 Å². The smallest absolute Gasteiger partial charge is 0.405 e. The molecule has 1 saturated carbocycles. The molecule has 0 spiro atoms. The molecular formula is C30H35F2N3O6. The van der Waals surface area contributed by atoms with Crippen LogP contribution in [-0.4, -0.2) is 30.2 Å². The van der Waals surface area contributed by atoms with Crippen molar-refractivity contribution in [1.29, 1.82) is 0 Å². The van der Waals surface area contributed by atoms with Crippen molar-refractivity contribution < 1.29 is 37.0 Å². The number of amides is 2. The number of benzene rings is 2. The van der Waals surface area contributed by atoms with Crippen LogP contribution in [0.1, 0.15) is 74.9 Å². The first-order valence-corrected chi connectivity index (χ1v) is 13.5. The van der Waals surface area contributed by atoms with Gasteiger partial charge in [0.15, 0.2) is 29.1 Å². The first-order valence-electron chi connectivity index (χ1n) is 13.5. The summed E-state index contributed by atoms with van der Waals surface area (Å²) < 4.78 is 50.7. The number of hydrogen-bond donors (Lipinski definition) is 2. The molecule has 1 atom stereocenters. The molecule has 1 fully saturated rings. The lowest BCUT2D eigenvalue weighted by Crippen LogP contribution is -2.27. The summed E-state index contributed by atoms with van der Waals surface area (Å²) in [7, 11) is 0. The monoisotopic (exact) mass is 571 g/mol. The van der Waals surface area contributed by atoms with Gasteiger partial charge >= 0.3 is 6.09 Å². The van der Waals surface area contributed by atoms with E-state index in [2.05, 4.69) is 10.3 Å². The van der Waals surface area contributed by atoms with E-state index in [0.29, 0.717) is 36.2 Å². The molecule has 1 heterocycles. The van der Waals surface area contributed by atoms with Crippen LogP contribution in [0.5, 0.6) is 11.5 Å². The largest absolute Gasteiger partial charge is 0.490 e. The van der Waals surface area contributed by atoms with E-state index in [1.807, 2.05) is 27.7 Å². The summed E-state index contributed by atoms with van der Waals surface area (Å²) in [6.07, 6.45) is 0.403. The van der Waals surface area contributed by atoms with Gasteiger partial charge in [-0.15, -0.1) is 0 Å². The average molecular weight is 572 g/mol. The molecule has 3 N–H and O–H groups in total. The molecule has 4 rings (SSSR count). The second-order valence-electron chi connectivity index (χ2n) is 11.2. The summed E-state index contributed by atoms with van der Waals surface area (Å²) in [6, 6.07) is 8.23. The number of primary amides is 1. The predicted octanol–water partition coefficient (Wildman–Crippen LogP) is 6.31. The van der Waals surface area contributed by atoms with Crippen LogP contribution in [0, 0.1) is 23.0 Å². The van der Waals surface area contributed by atoms with Crippen LogP contribution in [-0.2, 0) is 11.3 Å². The Bertz CT molecular complexity index is 1400. The van der Waals surface area contributed by atoms with Crippen LogP contribution in [0.3, 0.4) is 0 Å². The van der Waals surface area contributed by atoms with E-state index < -0.39 is 29.7 Å². The fourth-order valence-corrected chi connectivity index (χ4v) is 4.17. The zero-order valence-corrected chi connectivity index (χ0v) is 23.6. The molecule has 0 bridgehead atoms. The average Bonchev–Trinajstić information content (AvgIpc) is 3.61. The zero-order valence-electron chi connectivity index (χ0n) is 23.6. The van der Waals surface area contributed by atoms with E-state index in [4.69, 9.17) is 24.4 Å². The zero-order chi connectivity index (χ0) is 29.7. The Morgan fingerprint density at radius 1 is 1.12 bits per heavy atom. The van der Waals surface area contributed by atoms with Crippen molar-refractivity contribution in [3.05, 3.63) is 65.1 Å². The van der Waals surface area contributed by atoms with Gasteiger partial charge in [-0.1, -0.05) is 26.8 Å². The normalized spacial score (nSPS) is 13.9. The molecule has 1 aliphatic rings. The van der Waals surface area contributed by atoms with Gasteiger partial charge in [-0.05, 0) is 61.8 Å². The quantitative estimate of drug-likeness (QED) is 0.261. The van der Waals surface area contributed by atoms with Gasteiger partial charge in [-0.3, -0.25) is 4.79 Å². The molecule has 0 radical (unpaired) electrons. The lowest BCUT2D eigenvalue weighted by molar-refractivity contribution is 0.0635. The van der Waals surface area contributed by atoms with Crippen molar-refractivity contribution in [1.82, 2.24) is 10.3 Å². The number of aromatic nitrogens is 1. The molecule has 1 aliphatic carbocycles. The number of rotatable bonds is 12. The van der Waals surface area contributed by atoms with Gasteiger partial charge in [0, 0.05) is 23.7 Å². The minimum absolute atomic E-state index is 0.0138. The molecule has 1 unspecified atom stereocenters.